The lowest BCUT2D eigenvalue weighted by Gasteiger charge is -2.21. The Bertz CT molecular complexity index is 1450. The van der Waals surface area contributed by atoms with E-state index in [1.807, 2.05) is 6.07 Å². The molecule has 0 aliphatic rings. The van der Waals surface area contributed by atoms with Gasteiger partial charge in [-0.3, -0.25) is 19.1 Å². The van der Waals surface area contributed by atoms with Crippen molar-refractivity contribution >= 4 is 28.4 Å². The number of aromatic nitrogens is 3. The normalized spacial score (nSPS) is 12.0. The summed E-state index contributed by atoms with van der Waals surface area (Å²) in [6.07, 6.45) is 1.92. The molecule has 2 aromatic heterocycles. The molecule has 0 fully saturated rings. The second kappa shape index (κ2) is 9.38. The van der Waals surface area contributed by atoms with E-state index in [1.54, 1.807) is 49.5 Å². The van der Waals surface area contributed by atoms with E-state index in [0.717, 1.165) is 10.6 Å². The third-order valence-corrected chi connectivity index (χ3v) is 5.62. The number of para-hydroxylation sites is 1. The summed E-state index contributed by atoms with van der Waals surface area (Å²) in [5.41, 5.74) is -0.195. The van der Waals surface area contributed by atoms with Gasteiger partial charge in [-0.05, 0) is 48.9 Å². The summed E-state index contributed by atoms with van der Waals surface area (Å²) in [7, 11) is 0. The third-order valence-electron chi connectivity index (χ3n) is 5.33. The van der Waals surface area contributed by atoms with Crippen LogP contribution in [0.25, 0.3) is 16.6 Å². The van der Waals surface area contributed by atoms with E-state index in [-0.39, 0.29) is 22.6 Å². The molecule has 2 aromatic carbocycles. The van der Waals surface area contributed by atoms with Crippen LogP contribution in [-0.2, 0) is 11.3 Å². The molecular weight excluding hydrogens is 447 g/mol. The second-order valence-corrected chi connectivity index (χ2v) is 7.78. The van der Waals surface area contributed by atoms with Gasteiger partial charge in [0, 0.05) is 6.20 Å². The van der Waals surface area contributed by atoms with Gasteiger partial charge in [0.2, 0.25) is 5.91 Å². The van der Waals surface area contributed by atoms with Crippen LogP contribution in [0, 0.1) is 5.82 Å². The number of hydrogen-bond donors (Lipinski definition) is 1. The predicted octanol–water partition coefficient (Wildman–Crippen LogP) is 3.61. The summed E-state index contributed by atoms with van der Waals surface area (Å²) in [6, 6.07) is 14.6. The zero-order chi connectivity index (χ0) is 23.5. The number of fused-ring (bicyclic) bond motifs is 1. The summed E-state index contributed by atoms with van der Waals surface area (Å²) in [5, 5.41) is 2.83. The number of nitrogens with zero attached hydrogens (tertiary/aromatic N) is 3. The van der Waals surface area contributed by atoms with E-state index in [1.165, 1.54) is 16.7 Å². The van der Waals surface area contributed by atoms with Gasteiger partial charge in [-0.25, -0.2) is 13.8 Å². The van der Waals surface area contributed by atoms with Crippen molar-refractivity contribution in [2.24, 2.45) is 0 Å². The van der Waals surface area contributed by atoms with Crippen molar-refractivity contribution in [2.75, 3.05) is 0 Å². The van der Waals surface area contributed by atoms with Gasteiger partial charge in [-0.2, -0.15) is 0 Å². The molecular formula is C24H20ClFN4O3. The first kappa shape index (κ1) is 22.4. The number of carbonyl (C=O) groups is 1. The fourth-order valence-electron chi connectivity index (χ4n) is 3.72. The Morgan fingerprint density at radius 3 is 2.58 bits per heavy atom. The molecule has 33 heavy (non-hydrogen) atoms. The fraction of sp³-hybridized carbons (Fsp3) is 0.167. The monoisotopic (exact) mass is 466 g/mol. The highest BCUT2D eigenvalue weighted by Gasteiger charge is 2.25. The summed E-state index contributed by atoms with van der Waals surface area (Å²) in [5.74, 6) is -1.06. The van der Waals surface area contributed by atoms with Gasteiger partial charge in [0.05, 0.1) is 33.9 Å². The Kier molecular flexibility index (Phi) is 6.37. The fourth-order valence-corrected chi connectivity index (χ4v) is 3.89. The second-order valence-electron chi connectivity index (χ2n) is 7.37. The molecule has 2 heterocycles. The van der Waals surface area contributed by atoms with E-state index in [0.29, 0.717) is 17.6 Å². The van der Waals surface area contributed by atoms with E-state index in [2.05, 4.69) is 10.3 Å². The zero-order valence-electron chi connectivity index (χ0n) is 17.7. The van der Waals surface area contributed by atoms with Gasteiger partial charge >= 0.3 is 5.69 Å². The number of benzene rings is 2. The van der Waals surface area contributed by atoms with Crippen LogP contribution in [0.1, 0.15) is 25.1 Å². The zero-order valence-corrected chi connectivity index (χ0v) is 18.4. The molecule has 0 saturated carbocycles. The number of nitrogens with one attached hydrogen (secondary N) is 1. The average molecular weight is 467 g/mol. The van der Waals surface area contributed by atoms with Crippen molar-refractivity contribution in [1.82, 2.24) is 19.4 Å². The first-order chi connectivity index (χ1) is 15.9. The minimum atomic E-state index is -0.895. The molecule has 0 radical (unpaired) electrons. The van der Waals surface area contributed by atoms with Crippen LogP contribution >= 0.6 is 11.6 Å². The highest BCUT2D eigenvalue weighted by molar-refractivity contribution is 6.30. The summed E-state index contributed by atoms with van der Waals surface area (Å²) in [6.45, 7) is 1.96. The van der Waals surface area contributed by atoms with Gasteiger partial charge in [-0.15, -0.1) is 0 Å². The predicted molar refractivity (Wildman–Crippen MR) is 124 cm³/mol. The number of rotatable bonds is 6. The minimum absolute atomic E-state index is 0.111. The van der Waals surface area contributed by atoms with Crippen LogP contribution in [0.5, 0.6) is 0 Å². The molecule has 4 rings (SSSR count). The lowest BCUT2D eigenvalue weighted by molar-refractivity contribution is -0.124. The number of hydrogen-bond acceptors (Lipinski definition) is 4. The third kappa shape index (κ3) is 4.29. The van der Waals surface area contributed by atoms with Crippen LogP contribution in [0.2, 0.25) is 5.02 Å². The number of pyridine rings is 1. The topological polar surface area (TPSA) is 86.0 Å². The molecule has 1 N–H and O–H groups in total. The minimum Gasteiger partial charge on any atom is -0.349 e. The first-order valence-corrected chi connectivity index (χ1v) is 10.7. The molecule has 0 saturated heterocycles. The average Bonchev–Trinajstić information content (AvgIpc) is 2.83. The first-order valence-electron chi connectivity index (χ1n) is 10.3. The van der Waals surface area contributed by atoms with Crippen molar-refractivity contribution in [3.8, 4) is 5.69 Å². The van der Waals surface area contributed by atoms with E-state index < -0.39 is 29.0 Å². The van der Waals surface area contributed by atoms with Crippen molar-refractivity contribution in [1.29, 1.82) is 0 Å². The molecule has 0 aliphatic carbocycles. The molecule has 1 atom stereocenters. The quantitative estimate of drug-likeness (QED) is 0.470. The molecule has 168 valence electrons. The molecule has 0 bridgehead atoms. The Balaban J connectivity index is 1.86. The molecule has 4 aromatic rings. The summed E-state index contributed by atoms with van der Waals surface area (Å²) >= 11 is 5.90. The van der Waals surface area contributed by atoms with E-state index in [4.69, 9.17) is 11.6 Å². The van der Waals surface area contributed by atoms with Gasteiger partial charge in [0.25, 0.3) is 5.56 Å². The lowest BCUT2D eigenvalue weighted by Crippen LogP contribution is -2.44. The highest BCUT2D eigenvalue weighted by atomic mass is 35.5. The largest absolute Gasteiger partial charge is 0.349 e. The Labute approximate surface area is 193 Å². The number of halogens is 2. The summed E-state index contributed by atoms with van der Waals surface area (Å²) < 4.78 is 15.9. The number of carbonyl (C=O) groups excluding carboxylic acids is 1. The molecule has 9 heteroatoms. The Morgan fingerprint density at radius 2 is 1.88 bits per heavy atom. The molecule has 7 nitrogen and oxygen atoms in total. The number of amides is 1. The van der Waals surface area contributed by atoms with E-state index >= 15 is 0 Å². The van der Waals surface area contributed by atoms with Crippen molar-refractivity contribution in [2.45, 2.75) is 25.9 Å². The molecule has 0 spiro atoms. The Hall–Kier alpha value is -3.78. The van der Waals surface area contributed by atoms with Crippen LogP contribution in [0.3, 0.4) is 0 Å². The molecule has 0 aliphatic heterocycles. The van der Waals surface area contributed by atoms with Crippen LogP contribution < -0.4 is 16.6 Å². The molecule has 1 unspecified atom stereocenters. The van der Waals surface area contributed by atoms with Gasteiger partial charge in [0.1, 0.15) is 11.9 Å². The lowest BCUT2D eigenvalue weighted by atomic mass is 10.1. The molecule has 1 amide bonds. The SMILES string of the molecule is CCC(C(=O)NCc1ccccn1)n1c(=O)n(-c2ccc(F)c(Cl)c2)c(=O)c2ccccc21. The maximum absolute atomic E-state index is 13.7. The van der Waals surface area contributed by atoms with Crippen molar-refractivity contribution in [3.63, 3.8) is 0 Å². The smallest absolute Gasteiger partial charge is 0.336 e. The van der Waals surface area contributed by atoms with E-state index in [9.17, 15) is 18.8 Å². The van der Waals surface area contributed by atoms with Crippen LogP contribution in [-0.4, -0.2) is 20.0 Å². The Morgan fingerprint density at radius 1 is 1.12 bits per heavy atom. The maximum Gasteiger partial charge on any atom is 0.336 e. The van der Waals surface area contributed by atoms with Crippen LogP contribution in [0.15, 0.2) is 76.4 Å². The van der Waals surface area contributed by atoms with Gasteiger partial charge in [-0.1, -0.05) is 36.7 Å². The van der Waals surface area contributed by atoms with Gasteiger partial charge in [0.15, 0.2) is 0 Å². The highest BCUT2D eigenvalue weighted by Crippen LogP contribution is 2.20. The standard InChI is InChI=1S/C24H20ClFN4O3/c1-2-20(22(31)28-14-15-7-5-6-12-27-15)30-21-9-4-3-8-17(21)23(32)29(24(30)33)16-10-11-19(26)18(25)13-16/h3-13,20H,2,14H2,1H3,(H,28,31). The van der Waals surface area contributed by atoms with Gasteiger partial charge < -0.3 is 5.32 Å². The summed E-state index contributed by atoms with van der Waals surface area (Å²) in [4.78, 5) is 44.1. The van der Waals surface area contributed by atoms with Crippen molar-refractivity contribution < 1.29 is 9.18 Å². The van der Waals surface area contributed by atoms with Crippen molar-refractivity contribution in [3.05, 3.63) is 104 Å². The van der Waals surface area contributed by atoms with Crippen LogP contribution in [0.4, 0.5) is 4.39 Å². The maximum atomic E-state index is 13.7.